The molecule has 21 heteroatoms. The van der Waals surface area contributed by atoms with E-state index < -0.39 is 44.8 Å². The molecule has 0 bridgehead atoms. The third-order valence-corrected chi connectivity index (χ3v) is 15.7. The fraction of sp³-hybridized carbons (Fsp3) is 0.464. The summed E-state index contributed by atoms with van der Waals surface area (Å²) in [4.78, 5) is 139. The molecule has 1 aromatic heterocycles. The monoisotopic (exact) mass is 1240 g/mol. The van der Waals surface area contributed by atoms with E-state index in [0.29, 0.717) is 149 Å². The topological polar surface area (TPSA) is 270 Å². The lowest BCUT2D eigenvalue weighted by Crippen LogP contribution is -2.54. The predicted molar refractivity (Wildman–Crippen MR) is 339 cm³/mol. The molecule has 0 atom stereocenters. The highest BCUT2D eigenvalue weighted by atomic mass is 16.5. The lowest BCUT2D eigenvalue weighted by atomic mass is 9.85. The summed E-state index contributed by atoms with van der Waals surface area (Å²) < 4.78 is 36.1. The van der Waals surface area contributed by atoms with Crippen LogP contribution >= 0.6 is 0 Å². The number of anilines is 1. The maximum Gasteiger partial charge on any atom is 0.336 e. The largest absolute Gasteiger partial charge is 0.493 e. The van der Waals surface area contributed by atoms with Gasteiger partial charge in [0.1, 0.15) is 28.7 Å². The molecule has 6 aromatic rings. The Bertz CT molecular complexity index is 3630. The van der Waals surface area contributed by atoms with Gasteiger partial charge in [-0.25, -0.2) is 28.1 Å². The Labute approximate surface area is 521 Å². The van der Waals surface area contributed by atoms with Crippen LogP contribution in [0.5, 0.6) is 28.7 Å². The van der Waals surface area contributed by atoms with Gasteiger partial charge in [0.15, 0.2) is 17.3 Å². The first-order valence-corrected chi connectivity index (χ1v) is 31.6. The van der Waals surface area contributed by atoms with Crippen molar-refractivity contribution >= 4 is 29.4 Å². The van der Waals surface area contributed by atoms with Gasteiger partial charge in [0.05, 0.1) is 31.0 Å². The van der Waals surface area contributed by atoms with Crippen molar-refractivity contribution in [1.82, 2.24) is 13.7 Å². The fourth-order valence-electron chi connectivity index (χ4n) is 10.7. The molecule has 480 valence electrons. The molecule has 5 aromatic carbocycles. The second kappa shape index (κ2) is 34.7. The standard InChI is InChI=1S/C69H82N4O17/c1-5-85-64-46(4)59(77)53(64)40-32-47-26-34-50(35-27-47)88-55(74)23-17-11-8-14-20-42-71-67(82)72(43-21-15-9-12-18-24-56(75)89-51-36-28-48(29-37-51)33-41-54-60(78)62(80)65(54)86-6-2)69(84)73(68(71)83)44-22-16-10-13-19-25-57(76)90-52-38-30-49(31-39-52)45-70-58-61(79)63(81)66(58)87-7-3/h26-31,34-39,70H,4-25,32-33,40-45H2,1-3H3. The van der Waals surface area contributed by atoms with Crippen LogP contribution in [0.4, 0.5) is 5.69 Å². The number of unbranched alkanes of at least 4 members (excludes halogenated alkanes) is 12. The van der Waals surface area contributed by atoms with E-state index in [2.05, 4.69) is 11.9 Å². The highest BCUT2D eigenvalue weighted by molar-refractivity contribution is 6.18. The Balaban J connectivity index is 0.831. The number of carbonyl (C=O) groups excluding carboxylic acids is 4. The van der Waals surface area contributed by atoms with Gasteiger partial charge in [-0.15, -0.1) is 0 Å². The van der Waals surface area contributed by atoms with Gasteiger partial charge in [-0.3, -0.25) is 38.4 Å². The number of nitrogens with one attached hydrogen (secondary N) is 1. The quantitative estimate of drug-likeness (QED) is 0.0123. The number of Topliss-reactive ketones (excluding diaryl/α,β-unsaturated/α-hetero) is 1. The summed E-state index contributed by atoms with van der Waals surface area (Å²) in [7, 11) is 0. The van der Waals surface area contributed by atoms with Crippen LogP contribution < -0.4 is 67.8 Å². The van der Waals surface area contributed by atoms with Crippen LogP contribution in [-0.4, -0.2) is 57.2 Å². The number of nitrogens with zero attached hydrogens (tertiary/aromatic N) is 3. The number of aryl methyl sites for hydroxylation is 2. The molecule has 0 saturated carbocycles. The number of hydrogen-bond donors (Lipinski definition) is 1. The Hall–Kier alpha value is -9.01. The number of hydrogen-bond acceptors (Lipinski definition) is 18. The summed E-state index contributed by atoms with van der Waals surface area (Å²) in [6.07, 6.45) is 12.2. The van der Waals surface area contributed by atoms with E-state index in [1.165, 1.54) is 0 Å². The van der Waals surface area contributed by atoms with Gasteiger partial charge in [-0.2, -0.15) is 0 Å². The van der Waals surface area contributed by atoms with E-state index >= 15 is 0 Å². The van der Waals surface area contributed by atoms with Crippen LogP contribution in [0.1, 0.15) is 165 Å². The molecule has 21 nitrogen and oxygen atoms in total. The Morgan fingerprint density at radius 3 is 1.20 bits per heavy atom. The molecule has 1 heterocycles. The molecule has 0 fully saturated rings. The van der Waals surface area contributed by atoms with Crippen molar-refractivity contribution in [3.8, 4) is 28.7 Å². The fourth-order valence-corrected chi connectivity index (χ4v) is 10.7. The average Bonchev–Trinajstić information content (AvgIpc) is 1.28. The molecule has 0 unspecified atom stereocenters. The zero-order valence-corrected chi connectivity index (χ0v) is 51.9. The molecule has 0 saturated heterocycles. The van der Waals surface area contributed by atoms with Crippen LogP contribution in [0.25, 0.3) is 0 Å². The van der Waals surface area contributed by atoms with Gasteiger partial charge < -0.3 is 33.7 Å². The molecule has 1 N–H and O–H groups in total. The van der Waals surface area contributed by atoms with Crippen LogP contribution in [0.2, 0.25) is 0 Å². The number of aromatic nitrogens is 3. The third kappa shape index (κ3) is 19.0. The first-order valence-electron chi connectivity index (χ1n) is 31.6. The molecule has 0 radical (unpaired) electrons. The predicted octanol–water partition coefficient (Wildman–Crippen LogP) is 8.76. The van der Waals surface area contributed by atoms with Crippen molar-refractivity contribution in [2.24, 2.45) is 0 Å². The minimum absolute atomic E-state index is 0.0355. The first kappa shape index (κ1) is 68.5. The van der Waals surface area contributed by atoms with Crippen molar-refractivity contribution in [2.45, 2.75) is 188 Å². The summed E-state index contributed by atoms with van der Waals surface area (Å²) >= 11 is 0. The maximum absolute atomic E-state index is 13.9. The third-order valence-electron chi connectivity index (χ3n) is 15.7. The molecule has 0 amide bonds. The van der Waals surface area contributed by atoms with Crippen LogP contribution in [0, 0.1) is 0 Å². The van der Waals surface area contributed by atoms with E-state index in [4.69, 9.17) is 28.4 Å². The number of allylic oxidation sites excluding steroid dienone is 2. The molecular weight excluding hydrogens is 1160 g/mol. The van der Waals surface area contributed by atoms with Crippen molar-refractivity contribution in [1.29, 1.82) is 0 Å². The minimum atomic E-state index is -0.661. The molecule has 1 aliphatic carbocycles. The molecular formula is C69H82N4O17. The number of ketones is 1. The number of carbonyl (C=O) groups is 4. The molecule has 7 rings (SSSR count). The van der Waals surface area contributed by atoms with Crippen molar-refractivity contribution in [3.63, 3.8) is 0 Å². The normalized spacial score (nSPS) is 12.1. The van der Waals surface area contributed by atoms with Gasteiger partial charge in [0.2, 0.25) is 5.43 Å². The summed E-state index contributed by atoms with van der Waals surface area (Å²) in [6, 6.07) is 21.0. The molecule has 90 heavy (non-hydrogen) atoms. The highest BCUT2D eigenvalue weighted by Crippen LogP contribution is 2.33. The first-order chi connectivity index (χ1) is 43.5. The van der Waals surface area contributed by atoms with Crippen LogP contribution in [0.3, 0.4) is 0 Å². The molecule has 1 aliphatic rings. The maximum atomic E-state index is 13.9. The number of benzene rings is 3. The van der Waals surface area contributed by atoms with E-state index in [9.17, 15) is 52.7 Å². The van der Waals surface area contributed by atoms with Gasteiger partial charge >= 0.3 is 35.0 Å². The van der Waals surface area contributed by atoms with Crippen molar-refractivity contribution < 1.29 is 47.6 Å². The van der Waals surface area contributed by atoms with Crippen LogP contribution in [-0.2, 0) is 69.4 Å². The minimum Gasteiger partial charge on any atom is -0.493 e. The number of ether oxygens (including phenoxy) is 6. The lowest BCUT2D eigenvalue weighted by Gasteiger charge is -2.24. The summed E-state index contributed by atoms with van der Waals surface area (Å²) in [6.45, 7) is 10.7. The Kier molecular flexibility index (Phi) is 26.4. The average molecular weight is 1240 g/mol. The van der Waals surface area contributed by atoms with E-state index in [1.807, 2.05) is 19.1 Å². The molecule has 0 spiro atoms. The Morgan fingerprint density at radius 1 is 0.411 bits per heavy atom. The van der Waals surface area contributed by atoms with E-state index in [0.717, 1.165) is 56.1 Å². The summed E-state index contributed by atoms with van der Waals surface area (Å²) in [5.74, 6) is 0.754. The molecule has 0 aliphatic heterocycles. The summed E-state index contributed by atoms with van der Waals surface area (Å²) in [5, 5.41) is 2.93. The van der Waals surface area contributed by atoms with Crippen LogP contribution in [0.15, 0.2) is 130 Å². The number of rotatable bonds is 42. The second-order valence-electron chi connectivity index (χ2n) is 22.3. The van der Waals surface area contributed by atoms with Gasteiger partial charge in [0.25, 0.3) is 16.3 Å². The van der Waals surface area contributed by atoms with Gasteiger partial charge in [0, 0.05) is 51.0 Å². The Morgan fingerprint density at radius 2 is 0.778 bits per heavy atom. The number of esters is 3. The summed E-state index contributed by atoms with van der Waals surface area (Å²) in [5.41, 5.74) is -0.0621. The van der Waals surface area contributed by atoms with E-state index in [-0.39, 0.29) is 87.0 Å². The zero-order valence-electron chi connectivity index (χ0n) is 51.9. The van der Waals surface area contributed by atoms with Gasteiger partial charge in [-0.05, 0) is 138 Å². The highest BCUT2D eigenvalue weighted by Gasteiger charge is 2.33. The zero-order chi connectivity index (χ0) is 64.5. The second-order valence-corrected chi connectivity index (χ2v) is 22.3. The van der Waals surface area contributed by atoms with Crippen molar-refractivity contribution in [2.75, 3.05) is 25.1 Å². The smallest absolute Gasteiger partial charge is 0.336 e. The SMILES string of the molecule is C=C1C(=O)C(CCc2ccc(OC(=O)CCCCCCCn3c(=O)n(CCCCCCCC(=O)Oc4ccc(CCc5c(OCC)c(=O)c5=O)cc4)c(=O)n(CCCCCCCC(=O)Oc4ccc(CNc5c(OCC)c(=O)c5=O)cc4)c3=O)cc2)=C1OCC. The van der Waals surface area contributed by atoms with Crippen molar-refractivity contribution in [3.05, 3.63) is 191 Å². The lowest BCUT2D eigenvalue weighted by molar-refractivity contribution is -0.135. The van der Waals surface area contributed by atoms with Gasteiger partial charge in [-0.1, -0.05) is 101 Å². The van der Waals surface area contributed by atoms with E-state index in [1.54, 1.807) is 74.5 Å².